The molecular formula is C19H23N5O. The van der Waals surface area contributed by atoms with E-state index in [1.54, 1.807) is 0 Å². The first-order valence-electron chi connectivity index (χ1n) is 8.71. The number of hydrogen-bond donors (Lipinski definition) is 3. The molecule has 0 aliphatic carbocycles. The molecular weight excluding hydrogens is 314 g/mol. The smallest absolute Gasteiger partial charge is 0.151 e. The third kappa shape index (κ3) is 3.36. The summed E-state index contributed by atoms with van der Waals surface area (Å²) in [5, 5.41) is 10.4. The lowest BCUT2D eigenvalue weighted by Crippen LogP contribution is -2.21. The average Bonchev–Trinajstić information content (AvgIpc) is 3.19. The van der Waals surface area contributed by atoms with Gasteiger partial charge in [-0.25, -0.2) is 9.97 Å². The van der Waals surface area contributed by atoms with Crippen LogP contribution in [0.5, 0.6) is 0 Å². The second kappa shape index (κ2) is 6.82. The van der Waals surface area contributed by atoms with E-state index in [1.165, 1.54) is 11.9 Å². The molecule has 6 heteroatoms. The van der Waals surface area contributed by atoms with Crippen molar-refractivity contribution < 1.29 is 5.11 Å². The van der Waals surface area contributed by atoms with Crippen LogP contribution in [0.4, 0.5) is 5.82 Å². The summed E-state index contributed by atoms with van der Waals surface area (Å²) in [6.07, 6.45) is 5.18. The molecule has 1 aromatic carbocycles. The van der Waals surface area contributed by atoms with Crippen LogP contribution in [0.25, 0.3) is 11.0 Å². The van der Waals surface area contributed by atoms with Gasteiger partial charge in [0.15, 0.2) is 5.82 Å². The summed E-state index contributed by atoms with van der Waals surface area (Å²) < 4.78 is 0. The van der Waals surface area contributed by atoms with Crippen LogP contribution in [0.15, 0.2) is 42.9 Å². The van der Waals surface area contributed by atoms with Crippen LogP contribution in [0.1, 0.15) is 17.5 Å². The fourth-order valence-corrected chi connectivity index (χ4v) is 3.73. The van der Waals surface area contributed by atoms with Gasteiger partial charge in [-0.3, -0.25) is 4.90 Å². The van der Waals surface area contributed by atoms with Crippen molar-refractivity contribution in [1.29, 1.82) is 0 Å². The molecule has 1 fully saturated rings. The van der Waals surface area contributed by atoms with Gasteiger partial charge < -0.3 is 15.8 Å². The molecule has 0 radical (unpaired) electrons. The highest BCUT2D eigenvalue weighted by molar-refractivity contribution is 5.86. The largest absolute Gasteiger partial charge is 0.391 e. The van der Waals surface area contributed by atoms with E-state index in [0.717, 1.165) is 42.5 Å². The zero-order valence-corrected chi connectivity index (χ0v) is 14.1. The lowest BCUT2D eigenvalue weighted by Gasteiger charge is -2.15. The zero-order chi connectivity index (χ0) is 17.2. The van der Waals surface area contributed by atoms with E-state index in [1.807, 2.05) is 12.3 Å². The Hall–Kier alpha value is -2.44. The number of rotatable bonds is 5. The highest BCUT2D eigenvalue weighted by atomic mass is 16.3. The Bertz CT molecular complexity index is 847. The van der Waals surface area contributed by atoms with Gasteiger partial charge in [-0.05, 0) is 24.3 Å². The SMILES string of the molecule is Nc1ncnc2c(CN3CC(CCc4ccccc4)[C@H](O)C3)c[nH]c12. The quantitative estimate of drug-likeness (QED) is 0.662. The number of anilines is 1. The number of nitrogens with zero attached hydrogens (tertiary/aromatic N) is 3. The molecule has 0 amide bonds. The van der Waals surface area contributed by atoms with Crippen LogP contribution in [0.3, 0.4) is 0 Å². The van der Waals surface area contributed by atoms with Crippen molar-refractivity contribution in [2.75, 3.05) is 18.8 Å². The molecule has 0 bridgehead atoms. The molecule has 4 N–H and O–H groups in total. The predicted molar refractivity (Wildman–Crippen MR) is 97.8 cm³/mol. The minimum Gasteiger partial charge on any atom is -0.391 e. The molecule has 0 spiro atoms. The number of H-pyrrole nitrogens is 1. The van der Waals surface area contributed by atoms with Crippen LogP contribution in [0, 0.1) is 5.92 Å². The summed E-state index contributed by atoms with van der Waals surface area (Å²) in [5.41, 5.74) is 9.97. The van der Waals surface area contributed by atoms with Crippen molar-refractivity contribution in [3.8, 4) is 0 Å². The van der Waals surface area contributed by atoms with Gasteiger partial charge in [0, 0.05) is 31.4 Å². The molecule has 2 aromatic heterocycles. The minimum atomic E-state index is -0.270. The van der Waals surface area contributed by atoms with E-state index in [4.69, 9.17) is 5.73 Å². The molecule has 3 aromatic rings. The van der Waals surface area contributed by atoms with E-state index >= 15 is 0 Å². The standard InChI is InChI=1S/C19H23N5O/c20-19-18-17(22-12-23-19)15(8-21-18)10-24-9-14(16(25)11-24)7-6-13-4-2-1-3-5-13/h1-5,8,12,14,16,21,25H,6-7,9-11H2,(H2,20,22,23)/t14?,16-/m1/s1. The van der Waals surface area contributed by atoms with Gasteiger partial charge in [0.2, 0.25) is 0 Å². The number of aliphatic hydroxyl groups is 1. The topological polar surface area (TPSA) is 91.1 Å². The Kier molecular flexibility index (Phi) is 4.38. The van der Waals surface area contributed by atoms with Crippen LogP contribution < -0.4 is 5.73 Å². The van der Waals surface area contributed by atoms with Gasteiger partial charge in [0.25, 0.3) is 0 Å². The fraction of sp³-hybridized carbons (Fsp3) is 0.368. The number of nitrogens with two attached hydrogens (primary N) is 1. The number of hydrogen-bond acceptors (Lipinski definition) is 5. The second-order valence-corrected chi connectivity index (χ2v) is 6.84. The number of aromatic nitrogens is 3. The Morgan fingerprint density at radius 2 is 2.04 bits per heavy atom. The van der Waals surface area contributed by atoms with E-state index in [9.17, 15) is 5.11 Å². The molecule has 1 aliphatic rings. The third-order valence-electron chi connectivity index (χ3n) is 5.09. The summed E-state index contributed by atoms with van der Waals surface area (Å²) in [6.45, 7) is 2.36. The van der Waals surface area contributed by atoms with Crippen molar-refractivity contribution in [3.05, 3.63) is 54.0 Å². The number of β-amino-alcohol motifs (C(OH)–C–C–N with tert-alkyl or cyclic N) is 1. The van der Waals surface area contributed by atoms with E-state index in [2.05, 4.69) is 44.1 Å². The molecule has 130 valence electrons. The monoisotopic (exact) mass is 337 g/mol. The minimum absolute atomic E-state index is 0.270. The number of benzene rings is 1. The maximum atomic E-state index is 10.4. The lowest BCUT2D eigenvalue weighted by molar-refractivity contribution is 0.137. The number of nitrogens with one attached hydrogen (secondary N) is 1. The van der Waals surface area contributed by atoms with Crippen molar-refractivity contribution in [2.24, 2.45) is 5.92 Å². The average molecular weight is 337 g/mol. The van der Waals surface area contributed by atoms with E-state index in [0.29, 0.717) is 18.3 Å². The molecule has 3 heterocycles. The fourth-order valence-electron chi connectivity index (χ4n) is 3.73. The highest BCUT2D eigenvalue weighted by Gasteiger charge is 2.31. The van der Waals surface area contributed by atoms with Crippen LogP contribution in [-0.4, -0.2) is 44.2 Å². The van der Waals surface area contributed by atoms with Crippen molar-refractivity contribution in [2.45, 2.75) is 25.5 Å². The predicted octanol–water partition coefficient (Wildman–Crippen LogP) is 1.97. The van der Waals surface area contributed by atoms with Crippen molar-refractivity contribution in [3.63, 3.8) is 0 Å². The number of aryl methyl sites for hydroxylation is 1. The van der Waals surface area contributed by atoms with Gasteiger partial charge in [0.05, 0.1) is 11.6 Å². The van der Waals surface area contributed by atoms with Gasteiger partial charge in [-0.2, -0.15) is 0 Å². The number of fused-ring (bicyclic) bond motifs is 1. The zero-order valence-electron chi connectivity index (χ0n) is 14.1. The maximum Gasteiger partial charge on any atom is 0.151 e. The van der Waals surface area contributed by atoms with Crippen LogP contribution >= 0.6 is 0 Å². The summed E-state index contributed by atoms with van der Waals surface area (Å²) >= 11 is 0. The summed E-state index contributed by atoms with van der Waals surface area (Å²) in [7, 11) is 0. The molecule has 0 saturated carbocycles. The highest BCUT2D eigenvalue weighted by Crippen LogP contribution is 2.26. The van der Waals surface area contributed by atoms with Gasteiger partial charge in [-0.1, -0.05) is 30.3 Å². The summed E-state index contributed by atoms with van der Waals surface area (Å²) in [6, 6.07) is 10.5. The first kappa shape index (κ1) is 16.1. The Morgan fingerprint density at radius 3 is 2.88 bits per heavy atom. The molecule has 25 heavy (non-hydrogen) atoms. The van der Waals surface area contributed by atoms with Crippen molar-refractivity contribution >= 4 is 16.9 Å². The summed E-state index contributed by atoms with van der Waals surface area (Å²) in [5.74, 6) is 0.781. The van der Waals surface area contributed by atoms with Crippen LogP contribution in [-0.2, 0) is 13.0 Å². The Morgan fingerprint density at radius 1 is 1.20 bits per heavy atom. The molecule has 6 nitrogen and oxygen atoms in total. The molecule has 1 saturated heterocycles. The lowest BCUT2D eigenvalue weighted by atomic mass is 9.97. The summed E-state index contributed by atoms with van der Waals surface area (Å²) in [4.78, 5) is 13.8. The molecule has 2 atom stereocenters. The molecule has 1 aliphatic heterocycles. The maximum absolute atomic E-state index is 10.4. The van der Waals surface area contributed by atoms with Gasteiger partial charge >= 0.3 is 0 Å². The van der Waals surface area contributed by atoms with E-state index < -0.39 is 0 Å². The number of nitrogen functional groups attached to an aromatic ring is 1. The number of likely N-dealkylation sites (tertiary alicyclic amines) is 1. The Labute approximate surface area is 146 Å². The van der Waals surface area contributed by atoms with Crippen molar-refractivity contribution in [1.82, 2.24) is 19.9 Å². The Balaban J connectivity index is 1.40. The van der Waals surface area contributed by atoms with E-state index in [-0.39, 0.29) is 6.10 Å². The van der Waals surface area contributed by atoms with Gasteiger partial charge in [0.1, 0.15) is 11.8 Å². The van der Waals surface area contributed by atoms with Crippen LogP contribution in [0.2, 0.25) is 0 Å². The second-order valence-electron chi connectivity index (χ2n) is 6.84. The number of aliphatic hydroxyl groups excluding tert-OH is 1. The molecule has 1 unspecified atom stereocenters. The first-order chi connectivity index (χ1) is 12.2. The number of aromatic amines is 1. The molecule has 4 rings (SSSR count). The van der Waals surface area contributed by atoms with Gasteiger partial charge in [-0.15, -0.1) is 0 Å². The first-order valence-corrected chi connectivity index (χ1v) is 8.71. The third-order valence-corrected chi connectivity index (χ3v) is 5.09. The normalized spacial score (nSPS) is 21.2.